The molecule has 9 nitrogen and oxygen atoms in total. The Kier molecular flexibility index (Phi) is 3.24. The number of ether oxygens (including phenoxy) is 1. The number of fused-ring (bicyclic) bond motifs is 1. The zero-order valence-corrected chi connectivity index (χ0v) is 14.4. The van der Waals surface area contributed by atoms with Crippen molar-refractivity contribution in [2.45, 2.75) is 24.9 Å². The Morgan fingerprint density at radius 2 is 2.19 bits per heavy atom. The first-order valence-electron chi connectivity index (χ1n) is 8.80. The fourth-order valence-corrected chi connectivity index (χ4v) is 4.18. The predicted molar refractivity (Wildman–Crippen MR) is 91.9 cm³/mol. The lowest BCUT2D eigenvalue weighted by atomic mass is 10.0. The van der Waals surface area contributed by atoms with Gasteiger partial charge in [0, 0.05) is 44.6 Å². The van der Waals surface area contributed by atoms with Crippen molar-refractivity contribution in [3.8, 4) is 0 Å². The molecule has 0 aromatic carbocycles. The van der Waals surface area contributed by atoms with E-state index in [4.69, 9.17) is 4.74 Å². The van der Waals surface area contributed by atoms with E-state index in [9.17, 15) is 9.59 Å². The molecular formula is C17H20N6O3. The van der Waals surface area contributed by atoms with Crippen molar-refractivity contribution in [1.29, 1.82) is 0 Å². The van der Waals surface area contributed by atoms with E-state index in [1.165, 1.54) is 12.8 Å². The van der Waals surface area contributed by atoms with E-state index in [1.807, 2.05) is 6.07 Å². The summed E-state index contributed by atoms with van der Waals surface area (Å²) >= 11 is 0. The lowest BCUT2D eigenvalue weighted by Crippen LogP contribution is -2.51. The monoisotopic (exact) mass is 356 g/mol. The van der Waals surface area contributed by atoms with Gasteiger partial charge in [-0.2, -0.15) is 5.10 Å². The number of rotatable bonds is 3. The van der Waals surface area contributed by atoms with Gasteiger partial charge < -0.3 is 15.0 Å². The van der Waals surface area contributed by atoms with Gasteiger partial charge in [0.05, 0.1) is 23.4 Å². The molecule has 136 valence electrons. The quantitative estimate of drug-likeness (QED) is 0.819. The molecule has 3 amide bonds. The maximum atomic E-state index is 12.3. The van der Waals surface area contributed by atoms with Crippen molar-refractivity contribution in [3.63, 3.8) is 0 Å². The molecule has 0 bridgehead atoms. The van der Waals surface area contributed by atoms with Gasteiger partial charge in [0.1, 0.15) is 0 Å². The number of imide groups is 1. The topological polar surface area (TPSA) is 101 Å². The summed E-state index contributed by atoms with van der Waals surface area (Å²) in [5.41, 5.74) is 2.59. The molecule has 9 heteroatoms. The van der Waals surface area contributed by atoms with E-state index in [0.717, 1.165) is 24.4 Å². The smallest absolute Gasteiger partial charge is 0.321 e. The molecule has 5 rings (SSSR count). The molecule has 2 aromatic heterocycles. The van der Waals surface area contributed by atoms with Crippen LogP contribution in [0.1, 0.15) is 24.5 Å². The molecule has 26 heavy (non-hydrogen) atoms. The summed E-state index contributed by atoms with van der Waals surface area (Å²) in [5.74, 6) is -0.851. The van der Waals surface area contributed by atoms with Crippen LogP contribution < -0.4 is 15.5 Å². The molecule has 1 spiro atoms. The van der Waals surface area contributed by atoms with Crippen LogP contribution >= 0.6 is 0 Å². The number of carbonyl (C=O) groups is 2. The molecule has 2 aromatic rings. The number of hydrogen-bond donors (Lipinski definition) is 2. The summed E-state index contributed by atoms with van der Waals surface area (Å²) in [6, 6.07) is 1.46. The van der Waals surface area contributed by atoms with Gasteiger partial charge in [0.2, 0.25) is 5.91 Å². The molecule has 2 atom stereocenters. The number of hydrogen-bond acceptors (Lipinski definition) is 6. The van der Waals surface area contributed by atoms with Crippen molar-refractivity contribution in [1.82, 2.24) is 25.2 Å². The Hall–Kier alpha value is -2.68. The second kappa shape index (κ2) is 5.41. The Morgan fingerprint density at radius 1 is 1.35 bits per heavy atom. The van der Waals surface area contributed by atoms with Crippen LogP contribution in [0.25, 0.3) is 5.65 Å². The third kappa shape index (κ3) is 2.27. The predicted octanol–water partition coefficient (Wildman–Crippen LogP) is 0.268. The van der Waals surface area contributed by atoms with Crippen LogP contribution in [-0.2, 0) is 9.53 Å². The van der Waals surface area contributed by atoms with Crippen molar-refractivity contribution < 1.29 is 14.3 Å². The van der Waals surface area contributed by atoms with Gasteiger partial charge in [0.15, 0.2) is 5.65 Å². The maximum absolute atomic E-state index is 12.3. The van der Waals surface area contributed by atoms with E-state index in [0.29, 0.717) is 5.69 Å². The first-order chi connectivity index (χ1) is 12.6. The molecule has 2 unspecified atom stereocenters. The van der Waals surface area contributed by atoms with Crippen LogP contribution in [0.5, 0.6) is 0 Å². The summed E-state index contributed by atoms with van der Waals surface area (Å²) in [6.07, 6.45) is 6.06. The van der Waals surface area contributed by atoms with Gasteiger partial charge in [-0.05, 0) is 18.9 Å². The van der Waals surface area contributed by atoms with Gasteiger partial charge in [-0.25, -0.2) is 14.3 Å². The van der Waals surface area contributed by atoms with Crippen molar-refractivity contribution >= 4 is 23.3 Å². The highest BCUT2D eigenvalue weighted by Gasteiger charge is 2.55. The minimum Gasteiger partial charge on any atom is -0.379 e. The first kappa shape index (κ1) is 15.6. The minimum atomic E-state index is -0.519. The number of nitrogens with zero attached hydrogens (tertiary/aromatic N) is 4. The van der Waals surface area contributed by atoms with E-state index in [2.05, 4.69) is 25.6 Å². The highest BCUT2D eigenvalue weighted by molar-refractivity contribution is 6.00. The average molecular weight is 356 g/mol. The summed E-state index contributed by atoms with van der Waals surface area (Å²) < 4.78 is 7.42. The molecule has 4 heterocycles. The van der Waals surface area contributed by atoms with Crippen molar-refractivity contribution in [2.75, 3.05) is 31.6 Å². The number of nitrogens with one attached hydrogen (secondary N) is 2. The van der Waals surface area contributed by atoms with Crippen LogP contribution in [0.2, 0.25) is 0 Å². The van der Waals surface area contributed by atoms with Gasteiger partial charge in [-0.1, -0.05) is 0 Å². The Bertz CT molecular complexity index is 905. The summed E-state index contributed by atoms with van der Waals surface area (Å²) in [6.45, 7) is 1.96. The number of anilines is 1. The molecule has 1 saturated carbocycles. The number of methoxy groups -OCH3 is 1. The third-order valence-corrected chi connectivity index (χ3v) is 5.83. The SMILES string of the molecule is COC1CN(c2cc(C3CNC(=O)NC3=O)nn3ccnc23)CC12CC2. The summed E-state index contributed by atoms with van der Waals surface area (Å²) in [5, 5.41) is 9.51. The van der Waals surface area contributed by atoms with Crippen LogP contribution in [0, 0.1) is 5.41 Å². The molecule has 2 aliphatic heterocycles. The Morgan fingerprint density at radius 3 is 2.88 bits per heavy atom. The van der Waals surface area contributed by atoms with Gasteiger partial charge in [-0.3, -0.25) is 10.1 Å². The lowest BCUT2D eigenvalue weighted by Gasteiger charge is -2.24. The van der Waals surface area contributed by atoms with Crippen LogP contribution in [0.15, 0.2) is 18.5 Å². The maximum Gasteiger partial charge on any atom is 0.321 e. The zero-order valence-electron chi connectivity index (χ0n) is 14.4. The molecule has 2 N–H and O–H groups in total. The number of aromatic nitrogens is 3. The fraction of sp³-hybridized carbons (Fsp3) is 0.529. The molecule has 0 radical (unpaired) electrons. The van der Waals surface area contributed by atoms with Crippen LogP contribution in [-0.4, -0.2) is 59.4 Å². The van der Waals surface area contributed by atoms with E-state index in [1.54, 1.807) is 24.0 Å². The van der Waals surface area contributed by atoms with Crippen LogP contribution in [0.4, 0.5) is 10.5 Å². The van der Waals surface area contributed by atoms with Crippen molar-refractivity contribution in [3.05, 3.63) is 24.2 Å². The van der Waals surface area contributed by atoms with E-state index < -0.39 is 11.9 Å². The Labute approximate surface area is 149 Å². The highest BCUT2D eigenvalue weighted by Crippen LogP contribution is 2.54. The van der Waals surface area contributed by atoms with Gasteiger partial charge >= 0.3 is 6.03 Å². The zero-order chi connectivity index (χ0) is 17.9. The third-order valence-electron chi connectivity index (χ3n) is 5.83. The van der Waals surface area contributed by atoms with E-state index >= 15 is 0 Å². The highest BCUT2D eigenvalue weighted by atomic mass is 16.5. The number of urea groups is 1. The standard InChI is InChI=1S/C17H20N6O3/c1-26-13-8-22(9-17(13)2-3-17)12-6-11(21-23-5-4-18-14(12)23)10-7-19-16(25)20-15(10)24/h4-6,10,13H,2-3,7-9H2,1H3,(H2,19,20,24,25). The first-order valence-corrected chi connectivity index (χ1v) is 8.80. The lowest BCUT2D eigenvalue weighted by molar-refractivity contribution is -0.122. The fourth-order valence-electron chi connectivity index (χ4n) is 4.18. The number of amides is 3. The molecule has 1 aliphatic carbocycles. The van der Waals surface area contributed by atoms with Crippen molar-refractivity contribution in [2.24, 2.45) is 5.41 Å². The molecule has 3 aliphatic rings. The largest absolute Gasteiger partial charge is 0.379 e. The number of carbonyl (C=O) groups excluding carboxylic acids is 2. The van der Waals surface area contributed by atoms with Gasteiger partial charge in [0.25, 0.3) is 0 Å². The van der Waals surface area contributed by atoms with Gasteiger partial charge in [-0.15, -0.1) is 0 Å². The normalized spacial score (nSPS) is 27.0. The minimum absolute atomic E-state index is 0.214. The second-order valence-electron chi connectivity index (χ2n) is 7.37. The number of imidazole rings is 1. The van der Waals surface area contributed by atoms with E-state index in [-0.39, 0.29) is 24.0 Å². The Balaban J connectivity index is 1.54. The molecule has 3 fully saturated rings. The molecule has 2 saturated heterocycles. The average Bonchev–Trinajstić information content (AvgIpc) is 3.08. The second-order valence-corrected chi connectivity index (χ2v) is 7.37. The summed E-state index contributed by atoms with van der Waals surface area (Å²) in [7, 11) is 1.77. The molecular weight excluding hydrogens is 336 g/mol. The summed E-state index contributed by atoms with van der Waals surface area (Å²) in [4.78, 5) is 30.3. The van der Waals surface area contributed by atoms with Crippen LogP contribution in [0.3, 0.4) is 0 Å².